The van der Waals surface area contributed by atoms with Gasteiger partial charge in [0, 0.05) is 18.9 Å². The van der Waals surface area contributed by atoms with Crippen molar-refractivity contribution in [3.8, 4) is 0 Å². The minimum Gasteiger partial charge on any atom is -0.388 e. The van der Waals surface area contributed by atoms with Crippen LogP contribution in [0, 0.1) is 0 Å². The fraction of sp³-hybridized carbons (Fsp3) is 0.714. The zero-order valence-electron chi connectivity index (χ0n) is 10.7. The van der Waals surface area contributed by atoms with E-state index >= 15 is 0 Å². The van der Waals surface area contributed by atoms with Gasteiger partial charge in [0.15, 0.2) is 0 Å². The zero-order chi connectivity index (χ0) is 11.8. The van der Waals surface area contributed by atoms with Gasteiger partial charge < -0.3 is 9.67 Å². The monoisotopic (exact) mass is 223 g/mol. The molecule has 2 heteroatoms. The fourth-order valence-electron chi connectivity index (χ4n) is 1.93. The number of aromatic nitrogens is 1. The third kappa shape index (κ3) is 4.40. The summed E-state index contributed by atoms with van der Waals surface area (Å²) in [5.41, 5.74) is 1.05. The third-order valence-corrected chi connectivity index (χ3v) is 3.06. The molecule has 1 aromatic rings. The third-order valence-electron chi connectivity index (χ3n) is 3.06. The maximum atomic E-state index is 9.67. The van der Waals surface area contributed by atoms with Crippen LogP contribution in [0.25, 0.3) is 0 Å². The first-order chi connectivity index (χ1) is 7.77. The van der Waals surface area contributed by atoms with E-state index in [9.17, 15) is 5.11 Å². The van der Waals surface area contributed by atoms with Crippen LogP contribution < -0.4 is 0 Å². The second kappa shape index (κ2) is 7.50. The van der Waals surface area contributed by atoms with Crippen LogP contribution >= 0.6 is 0 Å². The van der Waals surface area contributed by atoms with Gasteiger partial charge in [-0.2, -0.15) is 0 Å². The van der Waals surface area contributed by atoms with Gasteiger partial charge >= 0.3 is 0 Å². The summed E-state index contributed by atoms with van der Waals surface area (Å²) in [4.78, 5) is 0. The number of rotatable bonds is 8. The summed E-state index contributed by atoms with van der Waals surface area (Å²) in [7, 11) is 0. The van der Waals surface area contributed by atoms with Crippen molar-refractivity contribution >= 4 is 0 Å². The number of aliphatic hydroxyl groups excluding tert-OH is 1. The topological polar surface area (TPSA) is 25.2 Å². The number of hydrogen-bond acceptors (Lipinski definition) is 1. The van der Waals surface area contributed by atoms with E-state index in [4.69, 9.17) is 0 Å². The standard InChI is InChI=1S/C14H25NO/c1-3-5-6-7-8-10-15-11-9-13(12-15)14(16)4-2/h9,11-12,14,16H,3-8,10H2,1-2H3. The molecule has 1 atom stereocenters. The first-order valence-corrected chi connectivity index (χ1v) is 6.61. The Hall–Kier alpha value is -0.760. The van der Waals surface area contributed by atoms with E-state index in [1.807, 2.05) is 13.0 Å². The lowest BCUT2D eigenvalue weighted by Crippen LogP contribution is -1.96. The fourth-order valence-corrected chi connectivity index (χ4v) is 1.93. The first-order valence-electron chi connectivity index (χ1n) is 6.61. The van der Waals surface area contributed by atoms with Crippen molar-refractivity contribution in [2.24, 2.45) is 0 Å². The molecule has 0 aliphatic carbocycles. The highest BCUT2D eigenvalue weighted by Gasteiger charge is 2.05. The Morgan fingerprint density at radius 2 is 1.94 bits per heavy atom. The molecule has 0 spiro atoms. The molecule has 0 saturated heterocycles. The molecule has 0 fully saturated rings. The molecule has 0 bridgehead atoms. The van der Waals surface area contributed by atoms with Gasteiger partial charge in [0.25, 0.3) is 0 Å². The lowest BCUT2D eigenvalue weighted by molar-refractivity contribution is 0.173. The van der Waals surface area contributed by atoms with Crippen molar-refractivity contribution in [2.75, 3.05) is 0 Å². The molecule has 1 heterocycles. The Morgan fingerprint density at radius 3 is 2.62 bits per heavy atom. The smallest absolute Gasteiger partial charge is 0.0802 e. The number of aryl methyl sites for hydroxylation is 1. The molecule has 1 aromatic heterocycles. The van der Waals surface area contributed by atoms with E-state index in [-0.39, 0.29) is 6.10 Å². The van der Waals surface area contributed by atoms with Crippen molar-refractivity contribution in [1.29, 1.82) is 0 Å². The van der Waals surface area contributed by atoms with Crippen molar-refractivity contribution < 1.29 is 5.11 Å². The van der Waals surface area contributed by atoms with Crippen molar-refractivity contribution in [1.82, 2.24) is 4.57 Å². The van der Waals surface area contributed by atoms with Gasteiger partial charge in [-0.25, -0.2) is 0 Å². The first kappa shape index (κ1) is 13.3. The SMILES string of the molecule is CCCCCCCn1ccc(C(O)CC)c1. The molecule has 0 aliphatic rings. The maximum Gasteiger partial charge on any atom is 0.0802 e. The van der Waals surface area contributed by atoms with Gasteiger partial charge in [-0.05, 0) is 24.5 Å². The van der Waals surface area contributed by atoms with Crippen molar-refractivity contribution in [2.45, 2.75) is 65.0 Å². The van der Waals surface area contributed by atoms with Crippen LogP contribution in [-0.2, 0) is 6.54 Å². The predicted octanol–water partition coefficient (Wildman–Crippen LogP) is 3.90. The molecule has 1 unspecified atom stereocenters. The zero-order valence-corrected chi connectivity index (χ0v) is 10.7. The van der Waals surface area contributed by atoms with Crippen LogP contribution in [0.15, 0.2) is 18.5 Å². The van der Waals surface area contributed by atoms with Gasteiger partial charge in [-0.15, -0.1) is 0 Å². The van der Waals surface area contributed by atoms with Crippen LogP contribution in [0.4, 0.5) is 0 Å². The predicted molar refractivity (Wildman–Crippen MR) is 68.4 cm³/mol. The normalized spacial score (nSPS) is 12.9. The summed E-state index contributed by atoms with van der Waals surface area (Å²) in [6, 6.07) is 2.03. The Balaban J connectivity index is 2.24. The molecular weight excluding hydrogens is 198 g/mol. The van der Waals surface area contributed by atoms with Crippen LogP contribution in [0.2, 0.25) is 0 Å². The van der Waals surface area contributed by atoms with Crippen molar-refractivity contribution in [3.05, 3.63) is 24.0 Å². The Labute approximate surface area is 99.3 Å². The van der Waals surface area contributed by atoms with Crippen LogP contribution in [0.1, 0.15) is 64.0 Å². The molecule has 92 valence electrons. The molecular formula is C14H25NO. The summed E-state index contributed by atoms with van der Waals surface area (Å²) in [5, 5.41) is 9.67. The lowest BCUT2D eigenvalue weighted by atomic mass is 10.1. The molecule has 1 N–H and O–H groups in total. The lowest BCUT2D eigenvalue weighted by Gasteiger charge is -2.05. The minimum atomic E-state index is -0.290. The van der Waals surface area contributed by atoms with E-state index in [1.165, 1.54) is 32.1 Å². The highest BCUT2D eigenvalue weighted by molar-refractivity contribution is 5.13. The molecule has 0 aromatic carbocycles. The number of nitrogens with zero attached hydrogens (tertiary/aromatic N) is 1. The van der Waals surface area contributed by atoms with Gasteiger partial charge in [-0.3, -0.25) is 0 Å². The van der Waals surface area contributed by atoms with E-state index in [2.05, 4.69) is 23.9 Å². The van der Waals surface area contributed by atoms with Gasteiger partial charge in [0.2, 0.25) is 0 Å². The van der Waals surface area contributed by atoms with E-state index in [1.54, 1.807) is 0 Å². The highest BCUT2D eigenvalue weighted by Crippen LogP contribution is 2.16. The molecule has 2 nitrogen and oxygen atoms in total. The average molecular weight is 223 g/mol. The van der Waals surface area contributed by atoms with Gasteiger partial charge in [-0.1, -0.05) is 39.5 Å². The van der Waals surface area contributed by atoms with E-state index in [0.717, 1.165) is 18.5 Å². The molecule has 1 rings (SSSR count). The summed E-state index contributed by atoms with van der Waals surface area (Å²) >= 11 is 0. The summed E-state index contributed by atoms with van der Waals surface area (Å²) in [6.07, 6.45) is 11.2. The summed E-state index contributed by atoms with van der Waals surface area (Å²) in [6.45, 7) is 5.33. The average Bonchev–Trinajstić information content (AvgIpc) is 2.76. The number of hydrogen-bond donors (Lipinski definition) is 1. The molecule has 16 heavy (non-hydrogen) atoms. The van der Waals surface area contributed by atoms with E-state index in [0.29, 0.717) is 0 Å². The molecule has 0 radical (unpaired) electrons. The molecule has 0 aliphatic heterocycles. The van der Waals surface area contributed by atoms with E-state index < -0.39 is 0 Å². The Bertz CT molecular complexity index is 280. The molecule has 0 saturated carbocycles. The summed E-state index contributed by atoms with van der Waals surface area (Å²) < 4.78 is 2.19. The van der Waals surface area contributed by atoms with Gasteiger partial charge in [0.1, 0.15) is 0 Å². The second-order valence-corrected chi connectivity index (χ2v) is 4.52. The quantitative estimate of drug-likeness (QED) is 0.664. The summed E-state index contributed by atoms with van der Waals surface area (Å²) in [5.74, 6) is 0. The van der Waals surface area contributed by atoms with Crippen LogP contribution in [0.5, 0.6) is 0 Å². The van der Waals surface area contributed by atoms with Gasteiger partial charge in [0.05, 0.1) is 6.10 Å². The Morgan fingerprint density at radius 1 is 1.19 bits per heavy atom. The highest BCUT2D eigenvalue weighted by atomic mass is 16.3. The number of unbranched alkanes of at least 4 members (excludes halogenated alkanes) is 4. The van der Waals surface area contributed by atoms with Crippen LogP contribution in [0.3, 0.4) is 0 Å². The minimum absolute atomic E-state index is 0.290. The molecule has 0 amide bonds. The maximum absolute atomic E-state index is 9.67. The van der Waals surface area contributed by atoms with Crippen LogP contribution in [-0.4, -0.2) is 9.67 Å². The van der Waals surface area contributed by atoms with Crippen molar-refractivity contribution in [3.63, 3.8) is 0 Å². The Kier molecular flexibility index (Phi) is 6.24. The largest absolute Gasteiger partial charge is 0.388 e. The second-order valence-electron chi connectivity index (χ2n) is 4.52. The number of aliphatic hydroxyl groups is 1.